The predicted molar refractivity (Wildman–Crippen MR) is 160 cm³/mol. The standard InChI is InChI=1S/C31H34N6O2S/c1-22-23(2)34-31(35-29(22)37-17-15-36(16-18-37)27-10-12-28(39-3)13-11-27)40-21-24-7-6-8-25(19-24)30(38)33-20-26-9-4-5-14-32-26/h4-14,19H,15-18,20-21H2,1-3H3,(H,33,38). The number of ether oxygens (including phenoxy) is 1. The van der Waals surface area contributed by atoms with Crippen molar-refractivity contribution < 1.29 is 9.53 Å². The highest BCUT2D eigenvalue weighted by Gasteiger charge is 2.22. The fraction of sp³-hybridized carbons (Fsp3) is 0.290. The first-order valence-corrected chi connectivity index (χ1v) is 14.4. The summed E-state index contributed by atoms with van der Waals surface area (Å²) in [6.07, 6.45) is 1.72. The Morgan fingerprint density at radius 1 is 0.950 bits per heavy atom. The zero-order valence-corrected chi connectivity index (χ0v) is 23.9. The summed E-state index contributed by atoms with van der Waals surface area (Å²) in [5, 5.41) is 3.70. The number of nitrogens with one attached hydrogen (secondary N) is 1. The first-order chi connectivity index (χ1) is 19.5. The molecule has 1 aliphatic rings. The van der Waals surface area contributed by atoms with Crippen molar-refractivity contribution in [3.05, 3.63) is 101 Å². The van der Waals surface area contributed by atoms with Crippen LogP contribution >= 0.6 is 11.8 Å². The number of benzene rings is 2. The topological polar surface area (TPSA) is 83.5 Å². The van der Waals surface area contributed by atoms with Crippen LogP contribution < -0.4 is 19.9 Å². The minimum atomic E-state index is -0.115. The van der Waals surface area contributed by atoms with Gasteiger partial charge in [-0.2, -0.15) is 0 Å². The third-order valence-electron chi connectivity index (χ3n) is 7.07. The summed E-state index contributed by atoms with van der Waals surface area (Å²) in [5.41, 5.74) is 5.83. The summed E-state index contributed by atoms with van der Waals surface area (Å²) in [6.45, 7) is 8.17. The van der Waals surface area contributed by atoms with E-state index in [0.717, 1.165) is 65.4 Å². The smallest absolute Gasteiger partial charge is 0.251 e. The van der Waals surface area contributed by atoms with E-state index in [0.29, 0.717) is 17.9 Å². The highest BCUT2D eigenvalue weighted by Crippen LogP contribution is 2.28. The second kappa shape index (κ2) is 12.8. The highest BCUT2D eigenvalue weighted by atomic mass is 32.2. The molecule has 0 bridgehead atoms. The summed E-state index contributed by atoms with van der Waals surface area (Å²) in [4.78, 5) is 31.5. The number of thioether (sulfide) groups is 1. The van der Waals surface area contributed by atoms with Crippen molar-refractivity contribution in [2.45, 2.75) is 31.3 Å². The minimum absolute atomic E-state index is 0.115. The molecule has 0 saturated carbocycles. The summed E-state index contributed by atoms with van der Waals surface area (Å²) in [6, 6.07) is 21.6. The molecule has 2 aromatic heterocycles. The number of hydrogen-bond acceptors (Lipinski definition) is 8. The van der Waals surface area contributed by atoms with Crippen LogP contribution in [-0.4, -0.2) is 54.1 Å². The van der Waals surface area contributed by atoms with Crippen molar-refractivity contribution in [1.82, 2.24) is 20.3 Å². The maximum absolute atomic E-state index is 12.7. The molecule has 1 saturated heterocycles. The molecule has 1 fully saturated rings. The van der Waals surface area contributed by atoms with Crippen molar-refractivity contribution in [3.63, 3.8) is 0 Å². The molecule has 5 rings (SSSR count). The van der Waals surface area contributed by atoms with Gasteiger partial charge in [-0.1, -0.05) is 30.0 Å². The van der Waals surface area contributed by atoms with E-state index in [1.165, 1.54) is 5.69 Å². The molecule has 206 valence electrons. The summed E-state index contributed by atoms with van der Waals surface area (Å²) in [5.74, 6) is 2.44. The van der Waals surface area contributed by atoms with Gasteiger partial charge in [0.1, 0.15) is 11.6 Å². The van der Waals surface area contributed by atoms with Crippen molar-refractivity contribution in [1.29, 1.82) is 0 Å². The van der Waals surface area contributed by atoms with E-state index >= 15 is 0 Å². The number of amides is 1. The Hall–Kier alpha value is -4.11. The Morgan fingerprint density at radius 3 is 2.45 bits per heavy atom. The second-order valence-corrected chi connectivity index (χ2v) is 10.6. The monoisotopic (exact) mass is 554 g/mol. The van der Waals surface area contributed by atoms with Crippen LogP contribution in [-0.2, 0) is 12.3 Å². The van der Waals surface area contributed by atoms with Crippen LogP contribution in [0.2, 0.25) is 0 Å². The maximum Gasteiger partial charge on any atom is 0.251 e. The molecule has 3 heterocycles. The lowest BCUT2D eigenvalue weighted by Crippen LogP contribution is -2.47. The van der Waals surface area contributed by atoms with Gasteiger partial charge < -0.3 is 19.9 Å². The van der Waals surface area contributed by atoms with Crippen LogP contribution in [0.3, 0.4) is 0 Å². The first-order valence-electron chi connectivity index (χ1n) is 13.4. The van der Waals surface area contributed by atoms with Gasteiger partial charge in [0.05, 0.1) is 19.3 Å². The molecule has 40 heavy (non-hydrogen) atoms. The number of rotatable bonds is 9. The van der Waals surface area contributed by atoms with Crippen LogP contribution in [0.4, 0.5) is 11.5 Å². The van der Waals surface area contributed by atoms with E-state index in [2.05, 4.69) is 39.2 Å². The molecule has 8 nitrogen and oxygen atoms in total. The average molecular weight is 555 g/mol. The second-order valence-electron chi connectivity index (χ2n) is 9.71. The van der Waals surface area contributed by atoms with Gasteiger partial charge in [-0.05, 0) is 67.9 Å². The zero-order chi connectivity index (χ0) is 27.9. The molecule has 0 radical (unpaired) electrons. The van der Waals surface area contributed by atoms with Crippen LogP contribution in [0.1, 0.15) is 32.9 Å². The fourth-order valence-electron chi connectivity index (χ4n) is 4.66. The van der Waals surface area contributed by atoms with Gasteiger partial charge in [0.2, 0.25) is 0 Å². The Morgan fingerprint density at radius 2 is 1.73 bits per heavy atom. The predicted octanol–water partition coefficient (Wildman–Crippen LogP) is 5.05. The molecule has 0 atom stereocenters. The number of aromatic nitrogens is 3. The van der Waals surface area contributed by atoms with Gasteiger partial charge in [-0.3, -0.25) is 9.78 Å². The molecule has 1 aliphatic heterocycles. The Bertz CT molecular complexity index is 1440. The maximum atomic E-state index is 12.7. The number of nitrogens with zero attached hydrogens (tertiary/aromatic N) is 5. The van der Waals surface area contributed by atoms with E-state index in [1.807, 2.05) is 61.5 Å². The van der Waals surface area contributed by atoms with Gasteiger partial charge >= 0.3 is 0 Å². The van der Waals surface area contributed by atoms with Gasteiger partial charge in [0.25, 0.3) is 5.91 Å². The highest BCUT2D eigenvalue weighted by molar-refractivity contribution is 7.98. The lowest BCUT2D eigenvalue weighted by Gasteiger charge is -2.37. The van der Waals surface area contributed by atoms with E-state index < -0.39 is 0 Å². The summed E-state index contributed by atoms with van der Waals surface area (Å²) in [7, 11) is 1.69. The van der Waals surface area contributed by atoms with Gasteiger partial charge in [0, 0.05) is 60.6 Å². The van der Waals surface area contributed by atoms with Crippen molar-refractivity contribution in [2.75, 3.05) is 43.1 Å². The molecule has 1 amide bonds. The van der Waals surface area contributed by atoms with Crippen LogP contribution in [0.15, 0.2) is 78.1 Å². The van der Waals surface area contributed by atoms with Crippen LogP contribution in [0, 0.1) is 13.8 Å². The van der Waals surface area contributed by atoms with Gasteiger partial charge in [0.15, 0.2) is 5.16 Å². The van der Waals surface area contributed by atoms with Crippen LogP contribution in [0.5, 0.6) is 5.75 Å². The van der Waals surface area contributed by atoms with Crippen molar-refractivity contribution >= 4 is 29.2 Å². The average Bonchev–Trinajstić information content (AvgIpc) is 3.01. The summed E-state index contributed by atoms with van der Waals surface area (Å²) < 4.78 is 5.29. The Kier molecular flexibility index (Phi) is 8.81. The molecular weight excluding hydrogens is 520 g/mol. The van der Waals surface area contributed by atoms with E-state index in [-0.39, 0.29) is 5.91 Å². The SMILES string of the molecule is COc1ccc(N2CCN(c3nc(SCc4cccc(C(=O)NCc5ccccn5)c4)nc(C)c3C)CC2)cc1. The number of carbonyl (C=O) groups excluding carboxylic acids is 1. The van der Waals surface area contributed by atoms with E-state index in [4.69, 9.17) is 14.7 Å². The molecule has 9 heteroatoms. The van der Waals surface area contributed by atoms with Crippen LogP contribution in [0.25, 0.3) is 0 Å². The third kappa shape index (κ3) is 6.71. The van der Waals surface area contributed by atoms with Crippen molar-refractivity contribution in [2.24, 2.45) is 0 Å². The molecular formula is C31H34N6O2S. The number of carbonyl (C=O) groups is 1. The molecule has 0 unspecified atom stereocenters. The fourth-order valence-corrected chi connectivity index (χ4v) is 5.48. The third-order valence-corrected chi connectivity index (χ3v) is 7.99. The van der Waals surface area contributed by atoms with E-state index in [1.54, 1.807) is 25.1 Å². The molecule has 1 N–H and O–H groups in total. The number of piperazine rings is 1. The normalized spacial score (nSPS) is 13.3. The lowest BCUT2D eigenvalue weighted by atomic mass is 10.1. The number of aryl methyl sites for hydroxylation is 1. The molecule has 4 aromatic rings. The Balaban J connectivity index is 1.20. The van der Waals surface area contributed by atoms with Gasteiger partial charge in [-0.15, -0.1) is 0 Å². The molecule has 0 spiro atoms. The number of pyridine rings is 1. The number of methoxy groups -OCH3 is 1. The van der Waals surface area contributed by atoms with Crippen molar-refractivity contribution in [3.8, 4) is 5.75 Å². The number of anilines is 2. The largest absolute Gasteiger partial charge is 0.497 e. The summed E-state index contributed by atoms with van der Waals surface area (Å²) >= 11 is 1.59. The quantitative estimate of drug-likeness (QED) is 0.228. The molecule has 0 aliphatic carbocycles. The Labute approximate surface area is 239 Å². The molecule has 2 aromatic carbocycles. The van der Waals surface area contributed by atoms with Gasteiger partial charge in [-0.25, -0.2) is 9.97 Å². The lowest BCUT2D eigenvalue weighted by molar-refractivity contribution is 0.0950. The number of hydrogen-bond donors (Lipinski definition) is 1. The minimum Gasteiger partial charge on any atom is -0.497 e. The van der Waals surface area contributed by atoms with E-state index in [9.17, 15) is 4.79 Å². The zero-order valence-electron chi connectivity index (χ0n) is 23.1. The first kappa shape index (κ1) is 27.5.